The largest absolute Gasteiger partial charge is 0.457 e. The SMILES string of the molecule is Fc1ccccc1C1(Br)C=C(C(F)(C(F)(F)F)C(F)(F)C(F)(F)F)C(Br)=CC1. The first-order valence-electron chi connectivity index (χ1n) is 7.22. The molecule has 2 unspecified atom stereocenters. The molecule has 0 saturated heterocycles. The summed E-state index contributed by atoms with van der Waals surface area (Å²) in [4.78, 5) is 0. The summed E-state index contributed by atoms with van der Waals surface area (Å²) in [5.41, 5.74) is -8.52. The Morgan fingerprint density at radius 1 is 0.857 bits per heavy atom. The van der Waals surface area contributed by atoms with E-state index >= 15 is 0 Å². The normalized spacial score (nSPS) is 23.7. The van der Waals surface area contributed by atoms with Crippen LogP contribution in [0.25, 0.3) is 0 Å². The maximum atomic E-state index is 14.8. The van der Waals surface area contributed by atoms with Gasteiger partial charge in [-0.15, -0.1) is 0 Å². The highest BCUT2D eigenvalue weighted by Crippen LogP contribution is 2.60. The van der Waals surface area contributed by atoms with Crippen molar-refractivity contribution in [1.82, 2.24) is 0 Å². The highest BCUT2D eigenvalue weighted by atomic mass is 79.9. The zero-order valence-electron chi connectivity index (χ0n) is 13.2. The molecule has 0 radical (unpaired) electrons. The molecule has 0 N–H and O–H groups in total. The lowest BCUT2D eigenvalue weighted by molar-refractivity contribution is -0.371. The van der Waals surface area contributed by atoms with Crippen molar-refractivity contribution in [2.75, 3.05) is 0 Å². The molecule has 0 aliphatic heterocycles. The summed E-state index contributed by atoms with van der Waals surface area (Å²) in [6.45, 7) is 0. The van der Waals surface area contributed by atoms with Crippen LogP contribution in [-0.2, 0) is 4.32 Å². The number of hydrogen-bond acceptors (Lipinski definition) is 0. The van der Waals surface area contributed by atoms with Crippen molar-refractivity contribution >= 4 is 31.9 Å². The van der Waals surface area contributed by atoms with Crippen molar-refractivity contribution in [2.45, 2.75) is 34.7 Å². The summed E-state index contributed by atoms with van der Waals surface area (Å²) in [6, 6.07) is 4.46. The highest BCUT2D eigenvalue weighted by molar-refractivity contribution is 9.12. The average Bonchev–Trinajstić information content (AvgIpc) is 2.54. The molecule has 28 heavy (non-hydrogen) atoms. The predicted octanol–water partition coefficient (Wildman–Crippen LogP) is 7.49. The number of allylic oxidation sites excluding steroid dienone is 4. The third kappa shape index (κ3) is 3.50. The molecule has 1 aliphatic carbocycles. The van der Waals surface area contributed by atoms with E-state index in [9.17, 15) is 43.9 Å². The molecular formula is C16H8Br2F10. The van der Waals surface area contributed by atoms with Gasteiger partial charge in [0.05, 0.1) is 4.32 Å². The molecule has 0 spiro atoms. The van der Waals surface area contributed by atoms with E-state index in [2.05, 4.69) is 31.9 Å². The van der Waals surface area contributed by atoms with Crippen molar-refractivity contribution in [1.29, 1.82) is 0 Å². The smallest absolute Gasteiger partial charge is 0.221 e. The second-order valence-electron chi connectivity index (χ2n) is 5.88. The second-order valence-corrected chi connectivity index (χ2v) is 8.15. The van der Waals surface area contributed by atoms with Crippen LogP contribution in [0.15, 0.2) is 46.5 Å². The molecule has 0 aromatic heterocycles. The van der Waals surface area contributed by atoms with Crippen LogP contribution in [0, 0.1) is 5.82 Å². The van der Waals surface area contributed by atoms with Crippen molar-refractivity contribution in [3.05, 3.63) is 57.9 Å². The number of benzene rings is 1. The second kappa shape index (κ2) is 7.03. The minimum atomic E-state index is -6.85. The van der Waals surface area contributed by atoms with Gasteiger partial charge >= 0.3 is 23.9 Å². The predicted molar refractivity (Wildman–Crippen MR) is 87.6 cm³/mol. The molecule has 2 rings (SSSR count). The van der Waals surface area contributed by atoms with Crippen LogP contribution in [0.1, 0.15) is 12.0 Å². The average molecular weight is 550 g/mol. The van der Waals surface area contributed by atoms with Crippen LogP contribution < -0.4 is 0 Å². The van der Waals surface area contributed by atoms with Gasteiger partial charge in [0, 0.05) is 15.6 Å². The van der Waals surface area contributed by atoms with E-state index < -0.39 is 44.1 Å². The fourth-order valence-corrected chi connectivity index (χ4v) is 3.91. The van der Waals surface area contributed by atoms with E-state index in [1.165, 1.54) is 12.1 Å². The van der Waals surface area contributed by atoms with Gasteiger partial charge in [-0.2, -0.15) is 35.1 Å². The Balaban J connectivity index is 2.80. The van der Waals surface area contributed by atoms with E-state index in [0.29, 0.717) is 0 Å². The fourth-order valence-electron chi connectivity index (χ4n) is 2.65. The molecule has 1 aromatic rings. The van der Waals surface area contributed by atoms with Crippen LogP contribution >= 0.6 is 31.9 Å². The summed E-state index contributed by atoms with van der Waals surface area (Å²) in [5, 5.41) is 0. The molecule has 0 heterocycles. The molecule has 0 amide bonds. The summed E-state index contributed by atoms with van der Waals surface area (Å²) in [6.07, 6.45) is -12.9. The summed E-state index contributed by atoms with van der Waals surface area (Å²) in [5.74, 6) is -7.81. The first-order valence-corrected chi connectivity index (χ1v) is 8.81. The van der Waals surface area contributed by atoms with Gasteiger partial charge in [0.15, 0.2) is 0 Å². The van der Waals surface area contributed by atoms with Gasteiger partial charge in [-0.25, -0.2) is 8.78 Å². The zero-order valence-corrected chi connectivity index (χ0v) is 16.4. The Bertz CT molecular complexity index is 823. The van der Waals surface area contributed by atoms with E-state index in [1.807, 2.05) is 0 Å². The van der Waals surface area contributed by atoms with Gasteiger partial charge < -0.3 is 0 Å². The lowest BCUT2D eigenvalue weighted by Crippen LogP contribution is -2.63. The summed E-state index contributed by atoms with van der Waals surface area (Å²) >= 11 is 5.28. The molecule has 1 aromatic carbocycles. The Kier molecular flexibility index (Phi) is 5.84. The Morgan fingerprint density at radius 2 is 1.39 bits per heavy atom. The molecule has 0 saturated carbocycles. The van der Waals surface area contributed by atoms with Gasteiger partial charge in [-0.1, -0.05) is 62.2 Å². The van der Waals surface area contributed by atoms with Gasteiger partial charge in [0.1, 0.15) is 5.82 Å². The van der Waals surface area contributed by atoms with Gasteiger partial charge in [0.2, 0.25) is 0 Å². The lowest BCUT2D eigenvalue weighted by atomic mass is 9.80. The van der Waals surface area contributed by atoms with Crippen molar-refractivity contribution < 1.29 is 43.9 Å². The van der Waals surface area contributed by atoms with Crippen molar-refractivity contribution in [3.8, 4) is 0 Å². The molecule has 0 nitrogen and oxygen atoms in total. The number of alkyl halides is 10. The number of hydrogen-bond donors (Lipinski definition) is 0. The van der Waals surface area contributed by atoms with E-state index in [-0.39, 0.29) is 18.1 Å². The Morgan fingerprint density at radius 3 is 1.86 bits per heavy atom. The summed E-state index contributed by atoms with van der Waals surface area (Å²) < 4.78 is 131. The quantitative estimate of drug-likeness (QED) is 0.271. The number of rotatable bonds is 3. The molecular weight excluding hydrogens is 542 g/mol. The maximum absolute atomic E-state index is 14.8. The van der Waals surface area contributed by atoms with E-state index in [0.717, 1.165) is 18.2 Å². The molecule has 1 aliphatic rings. The Labute approximate surface area is 168 Å². The first kappa shape index (κ1) is 23.2. The van der Waals surface area contributed by atoms with E-state index in [4.69, 9.17) is 0 Å². The maximum Gasteiger partial charge on any atom is 0.457 e. The molecule has 2 atom stereocenters. The highest BCUT2D eigenvalue weighted by Gasteiger charge is 2.82. The standard InChI is InChI=1S/C16H8Br2F10/c17-10-5-6-12(18,8-3-1-2-4-11(8)19)7-9(10)13(20,15(23,24)25)14(21,22)16(26,27)28/h1-5,7H,6H2. The monoisotopic (exact) mass is 548 g/mol. The van der Waals surface area contributed by atoms with Gasteiger partial charge in [0.25, 0.3) is 0 Å². The van der Waals surface area contributed by atoms with Crippen LogP contribution in [-0.4, -0.2) is 23.9 Å². The van der Waals surface area contributed by atoms with Crippen molar-refractivity contribution in [3.63, 3.8) is 0 Å². The third-order valence-electron chi connectivity index (χ3n) is 4.08. The Hall–Kier alpha value is -1.04. The number of halogens is 12. The third-order valence-corrected chi connectivity index (χ3v) is 5.81. The molecule has 0 bridgehead atoms. The lowest BCUT2D eigenvalue weighted by Gasteiger charge is -2.40. The molecule has 156 valence electrons. The molecule has 12 heteroatoms. The van der Waals surface area contributed by atoms with Gasteiger partial charge in [-0.05, 0) is 12.5 Å². The zero-order chi connectivity index (χ0) is 21.8. The minimum absolute atomic E-state index is 0.183. The molecule has 0 fully saturated rings. The summed E-state index contributed by atoms with van der Waals surface area (Å²) in [7, 11) is 0. The van der Waals surface area contributed by atoms with Crippen molar-refractivity contribution in [2.24, 2.45) is 0 Å². The topological polar surface area (TPSA) is 0 Å². The first-order chi connectivity index (χ1) is 12.5. The van der Waals surface area contributed by atoms with Crippen LogP contribution in [0.4, 0.5) is 43.9 Å². The fraction of sp³-hybridized carbons (Fsp3) is 0.375. The van der Waals surface area contributed by atoms with E-state index in [1.54, 1.807) is 0 Å². The van der Waals surface area contributed by atoms with Gasteiger partial charge in [-0.3, -0.25) is 0 Å². The minimum Gasteiger partial charge on any atom is -0.221 e. The van der Waals surface area contributed by atoms with Crippen LogP contribution in [0.2, 0.25) is 0 Å². The van der Waals surface area contributed by atoms with Crippen LogP contribution in [0.3, 0.4) is 0 Å². The van der Waals surface area contributed by atoms with Crippen LogP contribution in [0.5, 0.6) is 0 Å².